The van der Waals surface area contributed by atoms with E-state index in [1.165, 1.54) is 16.7 Å². The van der Waals surface area contributed by atoms with E-state index < -0.39 is 0 Å². The van der Waals surface area contributed by atoms with Gasteiger partial charge in [-0.2, -0.15) is 0 Å². The second kappa shape index (κ2) is 7.41. The van der Waals surface area contributed by atoms with Crippen molar-refractivity contribution in [2.75, 3.05) is 6.54 Å². The van der Waals surface area contributed by atoms with Gasteiger partial charge in [0.25, 0.3) is 0 Å². The molecule has 2 nitrogen and oxygen atoms in total. The van der Waals surface area contributed by atoms with Gasteiger partial charge in [0, 0.05) is 23.5 Å². The molecule has 0 fully saturated rings. The van der Waals surface area contributed by atoms with E-state index in [-0.39, 0.29) is 0 Å². The number of pyridine rings is 1. The Balaban J connectivity index is 2.09. The molecule has 0 amide bonds. The summed E-state index contributed by atoms with van der Waals surface area (Å²) in [5.41, 5.74) is 3.65. The molecule has 1 heterocycles. The molecule has 20 heavy (non-hydrogen) atoms. The lowest BCUT2D eigenvalue weighted by atomic mass is 9.99. The zero-order valence-corrected chi connectivity index (χ0v) is 12.8. The molecule has 0 radical (unpaired) electrons. The quantitative estimate of drug-likeness (QED) is 0.874. The van der Waals surface area contributed by atoms with Gasteiger partial charge in [-0.1, -0.05) is 36.7 Å². The molecule has 0 aliphatic heterocycles. The first-order valence-electron chi connectivity index (χ1n) is 7.06. The third kappa shape index (κ3) is 4.32. The molecule has 1 N–H and O–H groups in total. The van der Waals surface area contributed by atoms with Gasteiger partial charge in [0.05, 0.1) is 0 Å². The Hall–Kier alpha value is -1.38. The minimum atomic E-state index is 0.379. The van der Waals surface area contributed by atoms with Gasteiger partial charge < -0.3 is 5.32 Å². The van der Waals surface area contributed by atoms with Crippen LogP contribution in [0, 0.1) is 6.92 Å². The fourth-order valence-electron chi connectivity index (χ4n) is 2.39. The van der Waals surface area contributed by atoms with E-state index in [1.807, 2.05) is 24.5 Å². The molecule has 0 aliphatic rings. The highest BCUT2D eigenvalue weighted by Gasteiger charge is 2.11. The standard InChI is InChI=1S/C17H21ClN2/c1-3-20-16(10-14-5-4-8-19-12-14)11-15-7-6-13(2)9-17(15)18/h4-9,12,16,20H,3,10-11H2,1-2H3. The van der Waals surface area contributed by atoms with Crippen LogP contribution < -0.4 is 5.32 Å². The van der Waals surface area contributed by atoms with E-state index >= 15 is 0 Å². The molecule has 1 unspecified atom stereocenters. The first-order valence-corrected chi connectivity index (χ1v) is 7.44. The number of hydrogen-bond donors (Lipinski definition) is 1. The van der Waals surface area contributed by atoms with Crippen LogP contribution in [0.2, 0.25) is 5.02 Å². The van der Waals surface area contributed by atoms with Crippen molar-refractivity contribution in [3.8, 4) is 0 Å². The number of likely N-dealkylation sites (N-methyl/N-ethyl adjacent to an activating group) is 1. The molecule has 0 aliphatic carbocycles. The van der Waals surface area contributed by atoms with Crippen molar-refractivity contribution in [2.24, 2.45) is 0 Å². The van der Waals surface area contributed by atoms with Gasteiger partial charge in [-0.3, -0.25) is 4.98 Å². The molecular formula is C17H21ClN2. The zero-order chi connectivity index (χ0) is 14.4. The molecule has 2 aromatic rings. The van der Waals surface area contributed by atoms with Crippen molar-refractivity contribution in [2.45, 2.75) is 32.7 Å². The number of hydrogen-bond acceptors (Lipinski definition) is 2. The van der Waals surface area contributed by atoms with Gasteiger partial charge in [-0.15, -0.1) is 0 Å². The van der Waals surface area contributed by atoms with Crippen LogP contribution in [-0.4, -0.2) is 17.6 Å². The highest BCUT2D eigenvalue weighted by molar-refractivity contribution is 6.31. The maximum absolute atomic E-state index is 6.34. The average Bonchev–Trinajstić information content (AvgIpc) is 2.43. The number of benzene rings is 1. The number of aromatic nitrogens is 1. The van der Waals surface area contributed by atoms with Gasteiger partial charge in [-0.25, -0.2) is 0 Å². The Morgan fingerprint density at radius 1 is 1.25 bits per heavy atom. The third-order valence-corrected chi connectivity index (χ3v) is 3.72. The van der Waals surface area contributed by atoms with Crippen molar-refractivity contribution in [1.82, 2.24) is 10.3 Å². The minimum Gasteiger partial charge on any atom is -0.314 e. The molecule has 0 saturated carbocycles. The average molecular weight is 289 g/mol. The van der Waals surface area contributed by atoms with Crippen LogP contribution in [0.5, 0.6) is 0 Å². The summed E-state index contributed by atoms with van der Waals surface area (Å²) in [5, 5.41) is 4.40. The molecule has 2 rings (SSSR count). The maximum Gasteiger partial charge on any atom is 0.0441 e. The number of nitrogens with one attached hydrogen (secondary N) is 1. The van der Waals surface area contributed by atoms with E-state index in [0.29, 0.717) is 6.04 Å². The molecule has 106 valence electrons. The third-order valence-electron chi connectivity index (χ3n) is 3.37. The molecule has 1 atom stereocenters. The molecule has 1 aromatic heterocycles. The molecule has 1 aromatic carbocycles. The Bertz CT molecular complexity index is 540. The summed E-state index contributed by atoms with van der Waals surface area (Å²) in [5.74, 6) is 0. The van der Waals surface area contributed by atoms with Crippen LogP contribution in [0.3, 0.4) is 0 Å². The Labute approximate surface area is 126 Å². The van der Waals surface area contributed by atoms with Crippen LogP contribution in [0.1, 0.15) is 23.6 Å². The number of rotatable bonds is 6. The summed E-state index contributed by atoms with van der Waals surface area (Å²) in [7, 11) is 0. The fourth-order valence-corrected chi connectivity index (χ4v) is 2.70. The van der Waals surface area contributed by atoms with E-state index in [2.05, 4.69) is 42.3 Å². The smallest absolute Gasteiger partial charge is 0.0441 e. The summed E-state index contributed by atoms with van der Waals surface area (Å²) < 4.78 is 0. The van der Waals surface area contributed by atoms with Gasteiger partial charge in [-0.05, 0) is 55.1 Å². The lowest BCUT2D eigenvalue weighted by Crippen LogP contribution is -2.33. The number of nitrogens with zero attached hydrogens (tertiary/aromatic N) is 1. The van der Waals surface area contributed by atoms with Crippen molar-refractivity contribution in [3.63, 3.8) is 0 Å². The summed E-state index contributed by atoms with van der Waals surface area (Å²) >= 11 is 6.34. The topological polar surface area (TPSA) is 24.9 Å². The van der Waals surface area contributed by atoms with E-state index in [0.717, 1.165) is 24.4 Å². The summed E-state index contributed by atoms with van der Waals surface area (Å²) in [6.45, 7) is 5.15. The molecule has 0 spiro atoms. The minimum absolute atomic E-state index is 0.379. The summed E-state index contributed by atoms with van der Waals surface area (Å²) in [6, 6.07) is 10.8. The number of halogens is 1. The van der Waals surface area contributed by atoms with Crippen molar-refractivity contribution in [1.29, 1.82) is 0 Å². The van der Waals surface area contributed by atoms with E-state index in [4.69, 9.17) is 11.6 Å². The van der Waals surface area contributed by atoms with Crippen molar-refractivity contribution in [3.05, 3.63) is 64.4 Å². The second-order valence-corrected chi connectivity index (χ2v) is 5.53. The summed E-state index contributed by atoms with van der Waals surface area (Å²) in [4.78, 5) is 4.18. The summed E-state index contributed by atoms with van der Waals surface area (Å²) in [6.07, 6.45) is 5.64. The van der Waals surface area contributed by atoms with Crippen LogP contribution in [0.25, 0.3) is 0 Å². The largest absolute Gasteiger partial charge is 0.314 e. The lowest BCUT2D eigenvalue weighted by molar-refractivity contribution is 0.521. The van der Waals surface area contributed by atoms with Gasteiger partial charge in [0.2, 0.25) is 0 Å². The second-order valence-electron chi connectivity index (χ2n) is 5.12. The molecule has 3 heteroatoms. The first-order chi connectivity index (χ1) is 9.69. The monoisotopic (exact) mass is 288 g/mol. The Kier molecular flexibility index (Phi) is 5.57. The fraction of sp³-hybridized carbons (Fsp3) is 0.353. The van der Waals surface area contributed by atoms with Crippen molar-refractivity contribution < 1.29 is 0 Å². The van der Waals surface area contributed by atoms with Gasteiger partial charge in [0.1, 0.15) is 0 Å². The van der Waals surface area contributed by atoms with Gasteiger partial charge in [0.15, 0.2) is 0 Å². The molecule has 0 saturated heterocycles. The highest BCUT2D eigenvalue weighted by atomic mass is 35.5. The Morgan fingerprint density at radius 2 is 2.10 bits per heavy atom. The SMILES string of the molecule is CCNC(Cc1cccnc1)Cc1ccc(C)cc1Cl. The molecule has 0 bridgehead atoms. The normalized spacial score (nSPS) is 12.3. The predicted octanol–water partition coefficient (Wildman–Crippen LogP) is 3.81. The number of aryl methyl sites for hydroxylation is 1. The first kappa shape index (κ1) is 15.0. The maximum atomic E-state index is 6.34. The van der Waals surface area contributed by atoms with Gasteiger partial charge >= 0.3 is 0 Å². The Morgan fingerprint density at radius 3 is 2.75 bits per heavy atom. The van der Waals surface area contributed by atoms with Crippen LogP contribution in [0.15, 0.2) is 42.7 Å². The van der Waals surface area contributed by atoms with E-state index in [1.54, 1.807) is 0 Å². The molecular weight excluding hydrogens is 268 g/mol. The van der Waals surface area contributed by atoms with Crippen molar-refractivity contribution >= 4 is 11.6 Å². The van der Waals surface area contributed by atoms with Crippen LogP contribution >= 0.6 is 11.6 Å². The predicted molar refractivity (Wildman–Crippen MR) is 85.3 cm³/mol. The highest BCUT2D eigenvalue weighted by Crippen LogP contribution is 2.20. The lowest BCUT2D eigenvalue weighted by Gasteiger charge is -2.19. The van der Waals surface area contributed by atoms with Crippen LogP contribution in [-0.2, 0) is 12.8 Å². The zero-order valence-electron chi connectivity index (χ0n) is 12.1. The van der Waals surface area contributed by atoms with Crippen LogP contribution in [0.4, 0.5) is 0 Å². The van der Waals surface area contributed by atoms with E-state index in [9.17, 15) is 0 Å².